The summed E-state index contributed by atoms with van der Waals surface area (Å²) in [5.74, 6) is -4.71. The van der Waals surface area contributed by atoms with Crippen LogP contribution in [0, 0.1) is 23.4 Å². The highest BCUT2D eigenvalue weighted by atomic mass is 19.2. The lowest BCUT2D eigenvalue weighted by atomic mass is 9.96. The Bertz CT molecular complexity index is 539. The first-order valence-electron chi connectivity index (χ1n) is 6.72. The molecule has 2 N–H and O–H groups in total. The highest BCUT2D eigenvalue weighted by molar-refractivity contribution is 5.92. The van der Waals surface area contributed by atoms with Gasteiger partial charge in [-0.25, -0.2) is 13.2 Å². The Morgan fingerprint density at radius 3 is 2.76 bits per heavy atom. The zero-order valence-corrected chi connectivity index (χ0v) is 11.6. The maximum Gasteiger partial charge on any atom is 0.238 e. The molecule has 0 aliphatic carbocycles. The number of nitrogens with zero attached hydrogens (tertiary/aromatic N) is 1. The lowest BCUT2D eigenvalue weighted by Crippen LogP contribution is -2.45. The molecule has 1 aliphatic rings. The number of benzene rings is 1. The molecule has 116 valence electrons. The van der Waals surface area contributed by atoms with Crippen LogP contribution in [0.15, 0.2) is 12.1 Å². The lowest BCUT2D eigenvalue weighted by molar-refractivity contribution is -0.118. The molecule has 0 saturated carbocycles. The first-order chi connectivity index (χ1) is 9.88. The average molecular weight is 302 g/mol. The van der Waals surface area contributed by atoms with Gasteiger partial charge in [0.2, 0.25) is 5.91 Å². The van der Waals surface area contributed by atoms with Gasteiger partial charge in [-0.2, -0.15) is 0 Å². The van der Waals surface area contributed by atoms with E-state index in [1.165, 1.54) is 0 Å². The van der Waals surface area contributed by atoms with E-state index in [0.717, 1.165) is 18.6 Å². The zero-order valence-electron chi connectivity index (χ0n) is 11.6. The van der Waals surface area contributed by atoms with Crippen molar-refractivity contribution in [3.63, 3.8) is 0 Å². The monoisotopic (exact) mass is 302 g/mol. The second-order valence-electron chi connectivity index (χ2n) is 5.34. The van der Waals surface area contributed by atoms with Gasteiger partial charge in [-0.3, -0.25) is 9.69 Å². The van der Waals surface area contributed by atoms with Gasteiger partial charge in [0, 0.05) is 6.54 Å². The summed E-state index contributed by atoms with van der Waals surface area (Å²) in [7, 11) is 0. The van der Waals surface area contributed by atoms with Gasteiger partial charge in [0.05, 0.1) is 18.3 Å². The maximum atomic E-state index is 13.4. The molecule has 1 heterocycles. The fourth-order valence-electron chi connectivity index (χ4n) is 2.27. The fraction of sp³-hybridized carbons (Fsp3) is 0.500. The summed E-state index contributed by atoms with van der Waals surface area (Å²) in [5.41, 5.74) is -0.398. The minimum atomic E-state index is -1.62. The number of likely N-dealkylation sites (tertiary alicyclic amines) is 1. The van der Waals surface area contributed by atoms with E-state index in [1.54, 1.807) is 4.90 Å². The summed E-state index contributed by atoms with van der Waals surface area (Å²) >= 11 is 0. The topological polar surface area (TPSA) is 52.6 Å². The smallest absolute Gasteiger partial charge is 0.238 e. The normalized spacial score (nSPS) is 23.1. The van der Waals surface area contributed by atoms with E-state index in [2.05, 4.69) is 5.32 Å². The van der Waals surface area contributed by atoms with Crippen molar-refractivity contribution >= 4 is 11.6 Å². The van der Waals surface area contributed by atoms with E-state index in [1.807, 2.05) is 6.92 Å². The van der Waals surface area contributed by atoms with Crippen molar-refractivity contribution in [2.75, 3.05) is 25.0 Å². The van der Waals surface area contributed by atoms with Crippen molar-refractivity contribution in [3.8, 4) is 0 Å². The molecule has 2 unspecified atom stereocenters. The number of aliphatic hydroxyl groups excluding tert-OH is 1. The maximum absolute atomic E-state index is 13.4. The van der Waals surface area contributed by atoms with Crippen LogP contribution in [0.3, 0.4) is 0 Å². The molecule has 0 spiro atoms. The molecule has 4 nitrogen and oxygen atoms in total. The number of rotatable bonds is 3. The summed E-state index contributed by atoms with van der Waals surface area (Å²) in [6.07, 6.45) is 0.250. The zero-order chi connectivity index (χ0) is 15.6. The third kappa shape index (κ3) is 3.74. The Balaban J connectivity index is 1.95. The van der Waals surface area contributed by atoms with Crippen LogP contribution in [0.25, 0.3) is 0 Å². The number of anilines is 1. The minimum absolute atomic E-state index is 0.0395. The molecule has 21 heavy (non-hydrogen) atoms. The van der Waals surface area contributed by atoms with Gasteiger partial charge >= 0.3 is 0 Å². The molecule has 0 bridgehead atoms. The number of amides is 1. The molecule has 7 heteroatoms. The number of nitrogens with one attached hydrogen (secondary N) is 1. The van der Waals surface area contributed by atoms with Crippen LogP contribution in [-0.2, 0) is 4.79 Å². The number of β-amino-alcohol motifs (C(OH)–C–C–N with tert-alkyl or cyclic N) is 1. The summed E-state index contributed by atoms with van der Waals surface area (Å²) in [6.45, 7) is 2.89. The van der Waals surface area contributed by atoms with Crippen molar-refractivity contribution in [1.29, 1.82) is 0 Å². The van der Waals surface area contributed by atoms with Crippen molar-refractivity contribution in [3.05, 3.63) is 29.6 Å². The predicted molar refractivity (Wildman–Crippen MR) is 71.2 cm³/mol. The fourth-order valence-corrected chi connectivity index (χ4v) is 2.27. The molecular weight excluding hydrogens is 285 g/mol. The molecule has 1 fully saturated rings. The van der Waals surface area contributed by atoms with E-state index in [-0.39, 0.29) is 12.5 Å². The predicted octanol–water partition coefficient (Wildman–Crippen LogP) is 1.75. The first-order valence-corrected chi connectivity index (χ1v) is 6.72. The third-order valence-electron chi connectivity index (χ3n) is 3.68. The Morgan fingerprint density at radius 1 is 1.38 bits per heavy atom. The van der Waals surface area contributed by atoms with E-state index in [0.29, 0.717) is 13.1 Å². The standard InChI is InChI=1S/C14H17F3N2O2/c1-8-4-5-19(6-11(8)20)7-12(21)18-10-3-2-9(15)13(16)14(10)17/h2-3,8,11,20H,4-7H2,1H3,(H,18,21). The first kappa shape index (κ1) is 15.8. The van der Waals surface area contributed by atoms with Crippen LogP contribution >= 0.6 is 0 Å². The van der Waals surface area contributed by atoms with Gasteiger partial charge < -0.3 is 10.4 Å². The summed E-state index contributed by atoms with van der Waals surface area (Å²) in [5, 5.41) is 11.9. The van der Waals surface area contributed by atoms with E-state index in [4.69, 9.17) is 0 Å². The van der Waals surface area contributed by atoms with Crippen molar-refractivity contribution in [1.82, 2.24) is 4.90 Å². The number of carbonyl (C=O) groups excluding carboxylic acids is 1. The van der Waals surface area contributed by atoms with Gasteiger partial charge in [-0.05, 0) is 31.0 Å². The number of hydrogen-bond donors (Lipinski definition) is 2. The van der Waals surface area contributed by atoms with Gasteiger partial charge in [-0.1, -0.05) is 6.92 Å². The molecular formula is C14H17F3N2O2. The van der Waals surface area contributed by atoms with Crippen LogP contribution < -0.4 is 5.32 Å². The average Bonchev–Trinajstić information content (AvgIpc) is 2.44. The van der Waals surface area contributed by atoms with Crippen LogP contribution in [0.1, 0.15) is 13.3 Å². The number of carbonyl (C=O) groups is 1. The number of aliphatic hydroxyl groups is 1. The van der Waals surface area contributed by atoms with Crippen molar-refractivity contribution in [2.45, 2.75) is 19.4 Å². The second-order valence-corrected chi connectivity index (χ2v) is 5.34. The van der Waals surface area contributed by atoms with Crippen LogP contribution in [0.4, 0.5) is 18.9 Å². The van der Waals surface area contributed by atoms with E-state index >= 15 is 0 Å². The molecule has 1 aliphatic heterocycles. The highest BCUT2D eigenvalue weighted by Crippen LogP contribution is 2.20. The summed E-state index contributed by atoms with van der Waals surface area (Å²) in [4.78, 5) is 13.5. The molecule has 1 saturated heterocycles. The minimum Gasteiger partial charge on any atom is -0.392 e. The molecule has 2 rings (SSSR count). The van der Waals surface area contributed by atoms with Crippen LogP contribution in [-0.4, -0.2) is 41.7 Å². The largest absolute Gasteiger partial charge is 0.392 e. The SMILES string of the molecule is CC1CCN(CC(=O)Nc2ccc(F)c(F)c2F)CC1O. The third-order valence-corrected chi connectivity index (χ3v) is 3.68. The van der Waals surface area contributed by atoms with Crippen molar-refractivity contribution < 1.29 is 23.1 Å². The molecule has 0 radical (unpaired) electrons. The van der Waals surface area contributed by atoms with E-state index in [9.17, 15) is 23.1 Å². The van der Waals surface area contributed by atoms with Gasteiger partial charge in [0.1, 0.15) is 0 Å². The Hall–Kier alpha value is -1.60. The molecule has 1 aromatic carbocycles. The van der Waals surface area contributed by atoms with Crippen molar-refractivity contribution in [2.24, 2.45) is 5.92 Å². The quantitative estimate of drug-likeness (QED) is 0.836. The van der Waals surface area contributed by atoms with Crippen LogP contribution in [0.2, 0.25) is 0 Å². The molecule has 1 aromatic rings. The van der Waals surface area contributed by atoms with Crippen LogP contribution in [0.5, 0.6) is 0 Å². The Kier molecular flexibility index (Phi) is 4.84. The van der Waals surface area contributed by atoms with Gasteiger partial charge in [-0.15, -0.1) is 0 Å². The van der Waals surface area contributed by atoms with E-state index < -0.39 is 35.2 Å². The molecule has 1 amide bonds. The summed E-state index contributed by atoms with van der Waals surface area (Å²) < 4.78 is 39.3. The second kappa shape index (κ2) is 6.44. The van der Waals surface area contributed by atoms with Gasteiger partial charge in [0.15, 0.2) is 17.5 Å². The Labute approximate surface area is 120 Å². The molecule has 2 atom stereocenters. The number of hydrogen-bond acceptors (Lipinski definition) is 3. The molecule has 0 aromatic heterocycles. The summed E-state index contributed by atoms with van der Waals surface area (Å²) in [6, 6.07) is 1.72. The lowest BCUT2D eigenvalue weighted by Gasteiger charge is -2.33. The number of halogens is 3. The number of piperidine rings is 1. The van der Waals surface area contributed by atoms with Gasteiger partial charge in [0.25, 0.3) is 0 Å². The Morgan fingerprint density at radius 2 is 2.10 bits per heavy atom. The highest BCUT2D eigenvalue weighted by Gasteiger charge is 2.25.